The second kappa shape index (κ2) is 10.5. The molecule has 0 radical (unpaired) electrons. The van der Waals surface area contributed by atoms with Gasteiger partial charge in [-0.25, -0.2) is 4.79 Å². The third-order valence-corrected chi connectivity index (χ3v) is 3.87. The molecule has 25 heavy (non-hydrogen) atoms. The summed E-state index contributed by atoms with van der Waals surface area (Å²) in [5.41, 5.74) is 1.49. The number of benzene rings is 2. The first-order valence-electron chi connectivity index (χ1n) is 8.78. The summed E-state index contributed by atoms with van der Waals surface area (Å²) in [6.07, 6.45) is 2.06. The van der Waals surface area contributed by atoms with E-state index >= 15 is 0 Å². The molecule has 1 unspecified atom stereocenters. The van der Waals surface area contributed by atoms with E-state index in [1.54, 1.807) is 24.3 Å². The Kier molecular flexibility index (Phi) is 7.99. The molecule has 0 aliphatic rings. The zero-order valence-corrected chi connectivity index (χ0v) is 14.9. The van der Waals surface area contributed by atoms with Gasteiger partial charge in [0.05, 0.1) is 18.3 Å². The Bertz CT molecular complexity index is 622. The van der Waals surface area contributed by atoms with Crippen LogP contribution in [0.15, 0.2) is 54.6 Å². The van der Waals surface area contributed by atoms with Crippen molar-refractivity contribution in [2.45, 2.75) is 39.4 Å². The summed E-state index contributed by atoms with van der Waals surface area (Å²) in [6.45, 7) is 5.69. The van der Waals surface area contributed by atoms with Gasteiger partial charge in [0.1, 0.15) is 12.4 Å². The number of esters is 1. The van der Waals surface area contributed by atoms with Crippen molar-refractivity contribution in [2.24, 2.45) is 0 Å². The molecule has 1 atom stereocenters. The van der Waals surface area contributed by atoms with Crippen molar-refractivity contribution in [1.82, 2.24) is 0 Å². The molecule has 0 fully saturated rings. The molecule has 0 amide bonds. The lowest BCUT2D eigenvalue weighted by atomic mass is 10.2. The van der Waals surface area contributed by atoms with Gasteiger partial charge in [-0.3, -0.25) is 0 Å². The third-order valence-electron chi connectivity index (χ3n) is 3.87. The van der Waals surface area contributed by atoms with Gasteiger partial charge in [-0.15, -0.1) is 0 Å². The first-order chi connectivity index (χ1) is 12.2. The maximum atomic E-state index is 12.1. The van der Waals surface area contributed by atoms with Crippen LogP contribution >= 0.6 is 0 Å². The van der Waals surface area contributed by atoms with Crippen LogP contribution in [0.25, 0.3) is 0 Å². The Morgan fingerprint density at radius 3 is 2.36 bits per heavy atom. The van der Waals surface area contributed by atoms with Crippen LogP contribution in [-0.4, -0.2) is 25.3 Å². The van der Waals surface area contributed by atoms with Gasteiger partial charge in [-0.05, 0) is 43.2 Å². The zero-order valence-electron chi connectivity index (χ0n) is 14.9. The largest absolute Gasteiger partial charge is 0.493 e. The normalized spacial score (nSPS) is 11.8. The van der Waals surface area contributed by atoms with Crippen LogP contribution in [0.4, 0.5) is 0 Å². The Morgan fingerprint density at radius 1 is 1.00 bits per heavy atom. The molecule has 0 aliphatic carbocycles. The summed E-state index contributed by atoms with van der Waals surface area (Å²) in [6, 6.07) is 16.7. The van der Waals surface area contributed by atoms with Crippen LogP contribution in [0.1, 0.15) is 42.6 Å². The van der Waals surface area contributed by atoms with Gasteiger partial charge in [0.15, 0.2) is 0 Å². The predicted octanol–water partition coefficient (Wildman–Crippen LogP) is 4.63. The average molecular weight is 342 g/mol. The van der Waals surface area contributed by atoms with E-state index in [1.807, 2.05) is 37.3 Å². The first kappa shape index (κ1) is 19.0. The summed E-state index contributed by atoms with van der Waals surface area (Å²) in [5, 5.41) is 0. The molecule has 0 bridgehead atoms. The van der Waals surface area contributed by atoms with Crippen LogP contribution in [-0.2, 0) is 16.1 Å². The quantitative estimate of drug-likeness (QED) is 0.591. The van der Waals surface area contributed by atoms with Crippen molar-refractivity contribution >= 4 is 5.97 Å². The van der Waals surface area contributed by atoms with Crippen molar-refractivity contribution in [3.05, 3.63) is 65.7 Å². The molecule has 0 N–H and O–H groups in total. The number of hydrogen-bond acceptors (Lipinski definition) is 4. The lowest BCUT2D eigenvalue weighted by molar-refractivity contribution is 0.0443. The number of rotatable bonds is 10. The maximum Gasteiger partial charge on any atom is 0.338 e. The summed E-state index contributed by atoms with van der Waals surface area (Å²) < 4.78 is 16.6. The van der Waals surface area contributed by atoms with Gasteiger partial charge in [0.25, 0.3) is 0 Å². The molecule has 0 aliphatic heterocycles. The molecule has 0 aromatic heterocycles. The maximum absolute atomic E-state index is 12.1. The van der Waals surface area contributed by atoms with Crippen LogP contribution in [0, 0.1) is 0 Å². The van der Waals surface area contributed by atoms with Crippen molar-refractivity contribution < 1.29 is 19.0 Å². The minimum atomic E-state index is -0.335. The van der Waals surface area contributed by atoms with E-state index in [0.29, 0.717) is 12.2 Å². The fourth-order valence-electron chi connectivity index (χ4n) is 2.44. The number of hydrogen-bond donors (Lipinski definition) is 0. The number of carbonyl (C=O) groups excluding carboxylic acids is 1. The highest BCUT2D eigenvalue weighted by Crippen LogP contribution is 2.15. The Morgan fingerprint density at radius 2 is 1.72 bits per heavy atom. The molecule has 0 spiro atoms. The van der Waals surface area contributed by atoms with Gasteiger partial charge < -0.3 is 14.2 Å². The van der Waals surface area contributed by atoms with Crippen molar-refractivity contribution in [3.63, 3.8) is 0 Å². The van der Waals surface area contributed by atoms with Gasteiger partial charge >= 0.3 is 5.97 Å². The molecule has 0 heterocycles. The predicted molar refractivity (Wildman–Crippen MR) is 97.8 cm³/mol. The third kappa shape index (κ3) is 6.59. The second-order valence-corrected chi connectivity index (χ2v) is 5.71. The smallest absolute Gasteiger partial charge is 0.338 e. The van der Waals surface area contributed by atoms with Crippen LogP contribution in [0.2, 0.25) is 0 Å². The summed E-state index contributed by atoms with van der Waals surface area (Å²) >= 11 is 0. The van der Waals surface area contributed by atoms with Gasteiger partial charge in [-0.2, -0.15) is 0 Å². The highest BCUT2D eigenvalue weighted by Gasteiger charge is 2.09. The van der Waals surface area contributed by atoms with Crippen molar-refractivity contribution in [1.29, 1.82) is 0 Å². The van der Waals surface area contributed by atoms with E-state index in [9.17, 15) is 4.79 Å². The summed E-state index contributed by atoms with van der Waals surface area (Å²) in [4.78, 5) is 12.1. The van der Waals surface area contributed by atoms with Crippen LogP contribution < -0.4 is 4.74 Å². The monoisotopic (exact) mass is 342 g/mol. The van der Waals surface area contributed by atoms with Crippen molar-refractivity contribution in [3.8, 4) is 5.75 Å². The van der Waals surface area contributed by atoms with E-state index in [0.717, 1.165) is 30.8 Å². The van der Waals surface area contributed by atoms with Gasteiger partial charge in [0, 0.05) is 13.0 Å². The summed E-state index contributed by atoms with van der Waals surface area (Å²) in [5.74, 6) is 0.406. The molecule has 2 aromatic rings. The number of carbonyl (C=O) groups is 1. The zero-order chi connectivity index (χ0) is 17.9. The van der Waals surface area contributed by atoms with Crippen LogP contribution in [0.3, 0.4) is 0 Å². The Hall–Kier alpha value is -2.33. The lowest BCUT2D eigenvalue weighted by Gasteiger charge is -2.15. The standard InChI is InChI=1S/C21H26O4/c1-3-19(23-4-2)14-15-24-20-12-10-18(11-13-20)21(22)25-16-17-8-6-5-7-9-17/h5-13,19H,3-4,14-16H2,1-2H3. The van der Waals surface area contributed by atoms with Gasteiger partial charge in [0.2, 0.25) is 0 Å². The molecule has 4 heteroatoms. The van der Waals surface area contributed by atoms with E-state index < -0.39 is 0 Å². The Labute approximate surface area is 149 Å². The van der Waals surface area contributed by atoms with E-state index in [1.165, 1.54) is 0 Å². The molecule has 0 saturated heterocycles. The highest BCUT2D eigenvalue weighted by atomic mass is 16.5. The molecular formula is C21H26O4. The van der Waals surface area contributed by atoms with Crippen molar-refractivity contribution in [2.75, 3.05) is 13.2 Å². The molecule has 0 saturated carbocycles. The topological polar surface area (TPSA) is 44.8 Å². The molecule has 2 rings (SSSR count). The molecule has 4 nitrogen and oxygen atoms in total. The lowest BCUT2D eigenvalue weighted by Crippen LogP contribution is -2.15. The molecule has 134 valence electrons. The fraction of sp³-hybridized carbons (Fsp3) is 0.381. The second-order valence-electron chi connectivity index (χ2n) is 5.71. The highest BCUT2D eigenvalue weighted by molar-refractivity contribution is 5.89. The SMILES string of the molecule is CCOC(CC)CCOc1ccc(C(=O)OCc2ccccc2)cc1. The minimum Gasteiger partial charge on any atom is -0.493 e. The minimum absolute atomic E-state index is 0.234. The number of ether oxygens (including phenoxy) is 3. The van der Waals surface area contributed by atoms with E-state index in [2.05, 4.69) is 6.92 Å². The van der Waals surface area contributed by atoms with Gasteiger partial charge in [-0.1, -0.05) is 37.3 Å². The first-order valence-corrected chi connectivity index (χ1v) is 8.78. The fourth-order valence-corrected chi connectivity index (χ4v) is 2.44. The molecule has 2 aromatic carbocycles. The van der Waals surface area contributed by atoms with Crippen LogP contribution in [0.5, 0.6) is 5.75 Å². The molecular weight excluding hydrogens is 316 g/mol. The average Bonchev–Trinajstić information content (AvgIpc) is 2.66. The van der Waals surface area contributed by atoms with E-state index in [4.69, 9.17) is 14.2 Å². The summed E-state index contributed by atoms with van der Waals surface area (Å²) in [7, 11) is 0. The van der Waals surface area contributed by atoms with E-state index in [-0.39, 0.29) is 18.7 Å². The Balaban J connectivity index is 1.77.